The second-order valence-corrected chi connectivity index (χ2v) is 52.1. The van der Waals surface area contributed by atoms with Crippen LogP contribution in [0.15, 0.2) is 447 Å². The zero-order valence-electron chi connectivity index (χ0n) is 72.4. The summed E-state index contributed by atoms with van der Waals surface area (Å²) in [4.78, 5) is 67.2. The van der Waals surface area contributed by atoms with E-state index >= 15 is 0 Å². The summed E-state index contributed by atoms with van der Waals surface area (Å²) in [6.07, 6.45) is 0.337. The van der Waals surface area contributed by atoms with Gasteiger partial charge in [-0.3, -0.25) is 0 Å². The number of benzene rings is 16. The lowest BCUT2D eigenvalue weighted by molar-refractivity contribution is -0.0145. The Kier molecular flexibility index (Phi) is 41.5. The van der Waals surface area contributed by atoms with Gasteiger partial charge >= 0.3 is 23.9 Å². The van der Waals surface area contributed by atoms with Gasteiger partial charge in [0.2, 0.25) is 0 Å². The summed E-state index contributed by atoms with van der Waals surface area (Å²) in [5, 5.41) is 0. The largest absolute Gasteiger partial charge is 0.457 e. The van der Waals surface area contributed by atoms with Gasteiger partial charge in [-0.2, -0.15) is 0 Å². The Morgan fingerprint density at radius 3 is 0.761 bits per heavy atom. The van der Waals surface area contributed by atoms with Gasteiger partial charge in [-0.25, -0.2) is 19.2 Å². The van der Waals surface area contributed by atoms with E-state index in [1.807, 2.05) is 113 Å². The van der Waals surface area contributed by atoms with Gasteiger partial charge in [-0.15, -0.1) is 0 Å². The summed E-state index contributed by atoms with van der Waals surface area (Å²) >= 11 is 26.7. The van der Waals surface area contributed by atoms with E-state index in [9.17, 15) is 19.2 Å². The topological polar surface area (TPSA) is 105 Å². The Balaban J connectivity index is 0.000000152. The lowest BCUT2D eigenvalue weighted by atomic mass is 9.93. The minimum atomic E-state index is -0.763. The van der Waals surface area contributed by atoms with E-state index in [0.29, 0.717) is 28.7 Å². The van der Waals surface area contributed by atoms with Crippen LogP contribution in [0, 0.1) is 42.8 Å². The van der Waals surface area contributed by atoms with Gasteiger partial charge in [0.1, 0.15) is 23.9 Å². The molecule has 8 nitrogen and oxygen atoms in total. The molecule has 16 aromatic rings. The van der Waals surface area contributed by atoms with Gasteiger partial charge in [0.25, 0.3) is 0 Å². The molecule has 0 aliphatic heterocycles. The standard InChI is InChI=1S/C29H24I3O2S.C28H22I3O2S.C27H20I3O2S.C26H18I3O2S/c1-3-29(2,34-28(33)26-24(30)18-19-25(31)27(26)32)20-14-16-23(17-15-20)35(21-10-6-4-7-11-21)22-12-8-5-9-13-22;1-28(2,33-27(32)25-23(29)17-18-24(30)26(25)31)19-13-15-22(16-14-19)34(20-9-5-3-6-10-20)21-11-7-4-8-12-21;1-18(32-27(31)25-23(28)16-17-24(29)26(25)30)19-12-14-22(15-13-19)33(20-8-4-2-5-9-20)21-10-6-3-7-11-21;27-22-15-16-23(28)25(29)24(22)26(30)31-17-18-11-13-21(14-12-18)32(19-7-3-1-4-8-19)20-9-5-2-6-10-20/h4-19H,3H2,1-2H3;3-18H,1-2H3;2-18H,1H3;1-16H,17H2/q4*+1. The van der Waals surface area contributed by atoms with Gasteiger partial charge in [0.15, 0.2) is 58.7 Å². The number of hydrogen-bond acceptors (Lipinski definition) is 8. The van der Waals surface area contributed by atoms with Crippen molar-refractivity contribution in [3.05, 3.63) is 476 Å². The van der Waals surface area contributed by atoms with Crippen molar-refractivity contribution in [1.82, 2.24) is 0 Å². The normalized spacial score (nSPS) is 11.8. The molecule has 0 aromatic heterocycles. The molecule has 0 saturated carbocycles. The molecule has 16 rings (SSSR count). The molecule has 24 heteroatoms. The second kappa shape index (κ2) is 52.0. The molecule has 0 aliphatic rings. The number of halogens is 12. The first-order valence-corrected chi connectivity index (χ1v) is 59.6. The minimum Gasteiger partial charge on any atom is -0.457 e. The van der Waals surface area contributed by atoms with Crippen molar-refractivity contribution in [2.45, 2.75) is 124 Å². The first-order valence-electron chi connectivity index (χ1n) is 41.8. The molecule has 0 N–H and O–H groups in total. The van der Waals surface area contributed by atoms with Crippen LogP contribution in [0.1, 0.15) is 111 Å². The Labute approximate surface area is 960 Å². The molecule has 0 amide bonds. The van der Waals surface area contributed by atoms with E-state index in [1.165, 1.54) is 58.7 Å². The Hall–Kier alpha value is -4.44. The molecule has 0 heterocycles. The van der Waals surface area contributed by atoms with Crippen LogP contribution in [0.3, 0.4) is 0 Å². The molecule has 2 atom stereocenters. The van der Waals surface area contributed by atoms with Crippen LogP contribution >= 0.6 is 271 Å². The van der Waals surface area contributed by atoms with Crippen LogP contribution in [0.4, 0.5) is 0 Å². The zero-order chi connectivity index (χ0) is 95.2. The molecular formula is C110H84I12O8S4+4. The number of hydrogen-bond donors (Lipinski definition) is 0. The van der Waals surface area contributed by atoms with Crippen LogP contribution < -0.4 is 0 Å². The summed E-state index contributed by atoms with van der Waals surface area (Å²) in [5.41, 5.74) is 4.99. The fraction of sp³-hybridized carbons (Fsp3) is 0.0909. The first kappa shape index (κ1) is 107. The Bertz CT molecular complexity index is 6520. The molecule has 0 saturated heterocycles. The third-order valence-electron chi connectivity index (χ3n) is 21.0. The van der Waals surface area contributed by atoms with Crippen LogP contribution in [-0.4, -0.2) is 23.9 Å². The van der Waals surface area contributed by atoms with Crippen LogP contribution in [0.5, 0.6) is 0 Å². The van der Waals surface area contributed by atoms with Crippen molar-refractivity contribution in [2.75, 3.05) is 0 Å². The van der Waals surface area contributed by atoms with Crippen molar-refractivity contribution in [3.8, 4) is 0 Å². The highest BCUT2D eigenvalue weighted by atomic mass is 127. The van der Waals surface area contributed by atoms with E-state index < -0.39 is 11.2 Å². The number of carbonyl (C=O) groups excluding carboxylic acids is 4. The SMILES string of the molecule is CC(C)(OC(=O)c1c(I)ccc(I)c1I)c1ccc([S+](c2ccccc2)c2ccccc2)cc1.CC(OC(=O)c1c(I)ccc(I)c1I)c1ccc([S+](c2ccccc2)c2ccccc2)cc1.CCC(C)(OC(=O)c1c(I)ccc(I)c1I)c1ccc([S+](c2ccccc2)c2ccccc2)cc1.O=C(OCc1ccc([S+](c2ccccc2)c2ccccc2)cc1)c1c(I)ccc(I)c1I. The molecule has 676 valence electrons. The third kappa shape index (κ3) is 28.1. The predicted molar refractivity (Wildman–Crippen MR) is 649 cm³/mol. The predicted octanol–water partition coefficient (Wildman–Crippen LogP) is 34.2. The minimum absolute atomic E-state index is 0.185. The van der Waals surface area contributed by atoms with Crippen molar-refractivity contribution >= 4 is 339 Å². The summed E-state index contributed by atoms with van der Waals surface area (Å²) in [6.45, 7) is 10.1. The molecule has 0 radical (unpaired) electrons. The molecular weight excluding hydrogens is 3100 g/mol. The summed E-state index contributed by atoms with van der Waals surface area (Å²) < 4.78 is 35.3. The number of rotatable bonds is 25. The van der Waals surface area contributed by atoms with Gasteiger partial charge in [0, 0.05) is 42.8 Å². The molecule has 16 aromatic carbocycles. The van der Waals surface area contributed by atoms with E-state index in [0.717, 1.165) is 65.1 Å². The zero-order valence-corrected chi connectivity index (χ0v) is 102. The van der Waals surface area contributed by atoms with Crippen molar-refractivity contribution in [1.29, 1.82) is 0 Å². The molecule has 0 fully saturated rings. The maximum Gasteiger partial charge on any atom is 0.341 e. The summed E-state index contributed by atoms with van der Waals surface area (Å²) in [7, 11) is -0.802. The average molecular weight is 3180 g/mol. The number of ether oxygens (including phenoxy) is 4. The molecule has 0 aliphatic carbocycles. The van der Waals surface area contributed by atoms with Crippen molar-refractivity contribution < 1.29 is 38.1 Å². The fourth-order valence-electron chi connectivity index (χ4n) is 13.9. The maximum atomic E-state index is 13.3. The van der Waals surface area contributed by atoms with Gasteiger partial charge in [0.05, 0.1) is 65.8 Å². The van der Waals surface area contributed by atoms with E-state index in [4.69, 9.17) is 18.9 Å². The quantitative estimate of drug-likeness (QED) is 0.0183. The Morgan fingerprint density at radius 1 is 0.261 bits per heavy atom. The maximum absolute atomic E-state index is 13.3. The van der Waals surface area contributed by atoms with Crippen LogP contribution in [-0.2, 0) is 80.3 Å². The molecule has 2 unspecified atom stereocenters. The Morgan fingerprint density at radius 2 is 0.485 bits per heavy atom. The first-order chi connectivity index (χ1) is 64.6. The lowest BCUT2D eigenvalue weighted by Crippen LogP contribution is -2.29. The number of esters is 4. The van der Waals surface area contributed by atoms with E-state index in [-0.39, 0.29) is 80.2 Å². The van der Waals surface area contributed by atoms with Crippen LogP contribution in [0.2, 0.25) is 0 Å². The van der Waals surface area contributed by atoms with Crippen LogP contribution in [0.25, 0.3) is 0 Å². The highest BCUT2D eigenvalue weighted by molar-refractivity contribution is 14.1. The van der Waals surface area contributed by atoms with E-state index in [1.54, 1.807) is 0 Å². The van der Waals surface area contributed by atoms with Gasteiger partial charge in [-0.1, -0.05) is 201 Å². The molecule has 0 spiro atoms. The smallest absolute Gasteiger partial charge is 0.341 e. The fourth-order valence-corrected chi connectivity index (χ4v) is 31.6. The van der Waals surface area contributed by atoms with Gasteiger partial charge in [-0.05, 0) is 522 Å². The van der Waals surface area contributed by atoms with Crippen molar-refractivity contribution in [3.63, 3.8) is 0 Å². The molecule has 134 heavy (non-hydrogen) atoms. The highest BCUT2D eigenvalue weighted by Crippen LogP contribution is 2.42. The monoisotopic (exact) mass is 3180 g/mol. The second-order valence-electron chi connectivity index (χ2n) is 30.4. The number of carbonyl (C=O) groups is 4. The lowest BCUT2D eigenvalue weighted by Gasteiger charge is -2.29. The molecule has 0 bridgehead atoms. The highest BCUT2D eigenvalue weighted by Gasteiger charge is 2.38. The summed E-state index contributed by atoms with van der Waals surface area (Å²) in [6, 6.07) is 134. The average Bonchev–Trinajstić information content (AvgIpc) is 0.814. The van der Waals surface area contributed by atoms with Gasteiger partial charge < -0.3 is 18.9 Å². The van der Waals surface area contributed by atoms with E-state index in [2.05, 4.69) is 581 Å². The summed E-state index contributed by atoms with van der Waals surface area (Å²) in [5.74, 6) is -1.14. The van der Waals surface area contributed by atoms with Crippen molar-refractivity contribution in [2.24, 2.45) is 0 Å². The third-order valence-corrected chi connectivity index (χ3v) is 45.8.